The van der Waals surface area contributed by atoms with Gasteiger partial charge in [-0.2, -0.15) is 0 Å². The predicted octanol–water partition coefficient (Wildman–Crippen LogP) is 3.04. The molecular formula is C15H12FN3O2. The number of aldehydes is 1. The Kier molecular flexibility index (Phi) is 3.35. The van der Waals surface area contributed by atoms with Crippen LogP contribution in [-0.4, -0.2) is 21.3 Å². The summed E-state index contributed by atoms with van der Waals surface area (Å²) in [5.74, 6) is 0.0270. The van der Waals surface area contributed by atoms with E-state index in [9.17, 15) is 9.18 Å². The Labute approximate surface area is 120 Å². The third kappa shape index (κ3) is 2.47. The summed E-state index contributed by atoms with van der Waals surface area (Å²) in [5, 5.41) is 7.92. The molecule has 0 radical (unpaired) electrons. The van der Waals surface area contributed by atoms with Crippen LogP contribution < -0.4 is 0 Å². The Hall–Kier alpha value is -2.76. The molecule has 0 aliphatic rings. The molecule has 0 amide bonds. The van der Waals surface area contributed by atoms with Crippen molar-refractivity contribution >= 4 is 6.29 Å². The average molecular weight is 285 g/mol. The molecule has 0 bridgehead atoms. The molecule has 21 heavy (non-hydrogen) atoms. The van der Waals surface area contributed by atoms with E-state index in [2.05, 4.69) is 10.3 Å². The highest BCUT2D eigenvalue weighted by Crippen LogP contribution is 2.26. The molecule has 0 aliphatic heterocycles. The number of rotatable bonds is 4. The fraction of sp³-hybridized carbons (Fsp3) is 0.133. The number of aromatic nitrogens is 3. The van der Waals surface area contributed by atoms with E-state index >= 15 is 0 Å². The summed E-state index contributed by atoms with van der Waals surface area (Å²) in [6.07, 6.45) is 3.10. The maximum Gasteiger partial charge on any atom is 0.185 e. The van der Waals surface area contributed by atoms with E-state index in [0.29, 0.717) is 23.3 Å². The Bertz CT molecular complexity index is 792. The second-order valence-electron chi connectivity index (χ2n) is 4.49. The minimum absolute atomic E-state index is 0.164. The van der Waals surface area contributed by atoms with Crippen molar-refractivity contribution in [1.82, 2.24) is 15.0 Å². The molecule has 3 rings (SSSR count). The Balaban J connectivity index is 1.97. The van der Waals surface area contributed by atoms with Crippen molar-refractivity contribution in [2.75, 3.05) is 0 Å². The average Bonchev–Trinajstić information content (AvgIpc) is 3.16. The summed E-state index contributed by atoms with van der Waals surface area (Å²) < 4.78 is 21.0. The number of benzene rings is 1. The normalized spacial score (nSPS) is 10.8. The number of hydrogen-bond acceptors (Lipinski definition) is 4. The van der Waals surface area contributed by atoms with E-state index in [-0.39, 0.29) is 5.76 Å². The minimum Gasteiger partial charge on any atom is -0.453 e. The number of carbonyl (C=O) groups is 1. The number of hydrogen-bond donors (Lipinski definition) is 0. The molecule has 0 saturated heterocycles. The van der Waals surface area contributed by atoms with Crippen molar-refractivity contribution in [3.8, 4) is 17.0 Å². The Morgan fingerprint density at radius 3 is 2.81 bits per heavy atom. The number of furan rings is 1. The third-order valence-electron chi connectivity index (χ3n) is 3.13. The monoisotopic (exact) mass is 285 g/mol. The molecule has 0 N–H and O–H groups in total. The summed E-state index contributed by atoms with van der Waals surface area (Å²) in [7, 11) is 0. The van der Waals surface area contributed by atoms with E-state index in [0.717, 1.165) is 12.1 Å². The van der Waals surface area contributed by atoms with Gasteiger partial charge >= 0.3 is 0 Å². The molecule has 0 atom stereocenters. The van der Waals surface area contributed by atoms with Gasteiger partial charge in [-0.3, -0.25) is 4.79 Å². The lowest BCUT2D eigenvalue weighted by molar-refractivity contribution is 0.110. The van der Waals surface area contributed by atoms with Crippen molar-refractivity contribution in [1.29, 1.82) is 0 Å². The first-order valence-corrected chi connectivity index (χ1v) is 6.48. The van der Waals surface area contributed by atoms with Crippen molar-refractivity contribution < 1.29 is 13.6 Å². The molecular weight excluding hydrogens is 273 g/mol. The SMILES string of the molecule is CCc1cn(-c2ccc(-c3ccc(C=O)o3)c(F)c2)nn1. The molecule has 106 valence electrons. The highest BCUT2D eigenvalue weighted by molar-refractivity contribution is 5.73. The van der Waals surface area contributed by atoms with Gasteiger partial charge in [0.1, 0.15) is 11.6 Å². The lowest BCUT2D eigenvalue weighted by Gasteiger charge is -2.03. The van der Waals surface area contributed by atoms with Gasteiger partial charge in [0.2, 0.25) is 0 Å². The van der Waals surface area contributed by atoms with E-state index in [4.69, 9.17) is 4.42 Å². The molecule has 2 aromatic heterocycles. The van der Waals surface area contributed by atoms with Crippen LogP contribution in [0.3, 0.4) is 0 Å². The van der Waals surface area contributed by atoms with Crippen LogP contribution in [0.4, 0.5) is 4.39 Å². The topological polar surface area (TPSA) is 60.9 Å². The maximum absolute atomic E-state index is 14.2. The number of nitrogens with zero attached hydrogens (tertiary/aromatic N) is 3. The molecule has 5 nitrogen and oxygen atoms in total. The van der Waals surface area contributed by atoms with E-state index in [1.54, 1.807) is 24.4 Å². The lowest BCUT2D eigenvalue weighted by atomic mass is 10.1. The third-order valence-corrected chi connectivity index (χ3v) is 3.13. The van der Waals surface area contributed by atoms with Crippen LogP contribution >= 0.6 is 0 Å². The zero-order valence-corrected chi connectivity index (χ0v) is 11.3. The molecule has 0 saturated carbocycles. The Morgan fingerprint density at radius 2 is 2.19 bits per heavy atom. The molecule has 0 fully saturated rings. The van der Waals surface area contributed by atoms with Crippen LogP contribution in [0.1, 0.15) is 23.2 Å². The summed E-state index contributed by atoms with van der Waals surface area (Å²) >= 11 is 0. The van der Waals surface area contributed by atoms with Crippen LogP contribution in [0.2, 0.25) is 0 Å². The summed E-state index contributed by atoms with van der Waals surface area (Å²) in [6.45, 7) is 1.97. The standard InChI is InChI=1S/C15H12FN3O2/c1-2-10-8-19(18-17-10)11-3-5-13(14(16)7-11)15-6-4-12(9-20)21-15/h3-9H,2H2,1H3. The summed E-state index contributed by atoms with van der Waals surface area (Å²) in [6, 6.07) is 7.72. The van der Waals surface area contributed by atoms with Gasteiger partial charge in [-0.15, -0.1) is 5.10 Å². The summed E-state index contributed by atoms with van der Waals surface area (Å²) in [4.78, 5) is 10.6. The summed E-state index contributed by atoms with van der Waals surface area (Å²) in [5.41, 5.74) is 1.70. The molecule has 3 aromatic rings. The first-order chi connectivity index (χ1) is 10.2. The Morgan fingerprint density at radius 1 is 1.33 bits per heavy atom. The van der Waals surface area contributed by atoms with Gasteiger partial charge in [0, 0.05) is 6.07 Å². The predicted molar refractivity (Wildman–Crippen MR) is 73.8 cm³/mol. The van der Waals surface area contributed by atoms with Gasteiger partial charge in [0.05, 0.1) is 23.1 Å². The molecule has 0 spiro atoms. The van der Waals surface area contributed by atoms with E-state index < -0.39 is 5.82 Å². The molecule has 1 aromatic carbocycles. The van der Waals surface area contributed by atoms with Gasteiger partial charge in [-0.05, 0) is 30.7 Å². The molecule has 0 unspecified atom stereocenters. The minimum atomic E-state index is -0.451. The zero-order chi connectivity index (χ0) is 14.8. The van der Waals surface area contributed by atoms with Gasteiger partial charge < -0.3 is 4.42 Å². The smallest absolute Gasteiger partial charge is 0.185 e. The van der Waals surface area contributed by atoms with Crippen molar-refractivity contribution in [3.05, 3.63) is 53.8 Å². The number of carbonyl (C=O) groups excluding carboxylic acids is 1. The zero-order valence-electron chi connectivity index (χ0n) is 11.3. The van der Waals surface area contributed by atoms with Gasteiger partial charge in [0.15, 0.2) is 12.0 Å². The fourth-order valence-electron chi connectivity index (χ4n) is 1.99. The number of halogens is 1. The van der Waals surface area contributed by atoms with Crippen LogP contribution in [0.15, 0.2) is 40.9 Å². The van der Waals surface area contributed by atoms with Crippen molar-refractivity contribution in [3.63, 3.8) is 0 Å². The quantitative estimate of drug-likeness (QED) is 0.691. The van der Waals surface area contributed by atoms with E-state index in [1.807, 2.05) is 6.92 Å². The first-order valence-electron chi connectivity index (χ1n) is 6.48. The van der Waals surface area contributed by atoms with Gasteiger partial charge in [-0.25, -0.2) is 9.07 Å². The van der Waals surface area contributed by atoms with Crippen LogP contribution in [0.5, 0.6) is 0 Å². The largest absolute Gasteiger partial charge is 0.453 e. The first kappa shape index (κ1) is 13.2. The van der Waals surface area contributed by atoms with Gasteiger partial charge in [0.25, 0.3) is 0 Å². The fourth-order valence-corrected chi connectivity index (χ4v) is 1.99. The van der Waals surface area contributed by atoms with Crippen LogP contribution in [0.25, 0.3) is 17.0 Å². The second-order valence-corrected chi connectivity index (χ2v) is 4.49. The highest BCUT2D eigenvalue weighted by atomic mass is 19.1. The lowest BCUT2D eigenvalue weighted by Crippen LogP contribution is -1.96. The van der Waals surface area contributed by atoms with Crippen molar-refractivity contribution in [2.24, 2.45) is 0 Å². The highest BCUT2D eigenvalue weighted by Gasteiger charge is 2.11. The molecule has 6 heteroatoms. The maximum atomic E-state index is 14.2. The second kappa shape index (κ2) is 5.32. The van der Waals surface area contributed by atoms with Crippen LogP contribution in [0, 0.1) is 5.82 Å². The van der Waals surface area contributed by atoms with Gasteiger partial charge in [-0.1, -0.05) is 12.1 Å². The molecule has 0 aliphatic carbocycles. The van der Waals surface area contributed by atoms with Crippen molar-refractivity contribution in [2.45, 2.75) is 13.3 Å². The van der Waals surface area contributed by atoms with E-state index in [1.165, 1.54) is 16.8 Å². The number of aryl methyl sites for hydroxylation is 1. The van der Waals surface area contributed by atoms with Crippen LogP contribution in [-0.2, 0) is 6.42 Å². The molecule has 2 heterocycles.